The van der Waals surface area contributed by atoms with Gasteiger partial charge >= 0.3 is 0 Å². The number of fused-ring (bicyclic) bond motifs is 1. The summed E-state index contributed by atoms with van der Waals surface area (Å²) in [6.07, 6.45) is 6.28. The van der Waals surface area contributed by atoms with Crippen molar-refractivity contribution >= 4 is 17.3 Å². The van der Waals surface area contributed by atoms with Gasteiger partial charge in [0.1, 0.15) is 0 Å². The number of hydrogen-bond donors (Lipinski definition) is 0. The summed E-state index contributed by atoms with van der Waals surface area (Å²) in [7, 11) is 0. The number of unbranched alkanes of at least 4 members (excludes halogenated alkanes) is 2. The van der Waals surface area contributed by atoms with E-state index in [1.165, 1.54) is 53.0 Å². The molecule has 19 heavy (non-hydrogen) atoms. The second-order valence-electron chi connectivity index (χ2n) is 6.25. The maximum Gasteiger partial charge on any atom is 0.0115 e. The lowest BCUT2D eigenvalue weighted by atomic mass is 9.81. The van der Waals surface area contributed by atoms with E-state index in [2.05, 4.69) is 45.5 Å². The van der Waals surface area contributed by atoms with Crippen molar-refractivity contribution in [2.24, 2.45) is 0 Å². The number of rotatable bonds is 5. The molecule has 0 saturated carbocycles. The Balaban J connectivity index is 2.15. The van der Waals surface area contributed by atoms with Crippen molar-refractivity contribution in [2.45, 2.75) is 63.2 Å². The van der Waals surface area contributed by atoms with Crippen LogP contribution in [0.25, 0.3) is 5.57 Å². The molecule has 0 unspecified atom stereocenters. The van der Waals surface area contributed by atoms with Crippen molar-refractivity contribution in [3.8, 4) is 0 Å². The molecule has 104 valence electrons. The summed E-state index contributed by atoms with van der Waals surface area (Å²) in [5.41, 5.74) is 4.51. The molecule has 1 heteroatoms. The van der Waals surface area contributed by atoms with Crippen LogP contribution >= 0.6 is 11.8 Å². The second-order valence-corrected chi connectivity index (χ2v) is 7.39. The average Bonchev–Trinajstić information content (AvgIpc) is 2.38. The highest BCUT2D eigenvalue weighted by Crippen LogP contribution is 2.42. The number of benzene rings is 1. The fourth-order valence-electron chi connectivity index (χ4n) is 2.70. The molecular weight excluding hydrogens is 248 g/mol. The molecular formula is C18H26S. The first kappa shape index (κ1) is 14.7. The zero-order valence-corrected chi connectivity index (χ0v) is 13.4. The molecule has 1 aromatic carbocycles. The van der Waals surface area contributed by atoms with Gasteiger partial charge in [0.05, 0.1) is 0 Å². The van der Waals surface area contributed by atoms with Gasteiger partial charge in [-0.2, -0.15) is 0 Å². The van der Waals surface area contributed by atoms with Gasteiger partial charge in [0.15, 0.2) is 0 Å². The summed E-state index contributed by atoms with van der Waals surface area (Å²) in [5.74, 6) is 1.24. The largest absolute Gasteiger partial charge is 0.126 e. The third-order valence-corrected chi connectivity index (χ3v) is 5.24. The highest BCUT2D eigenvalue weighted by molar-refractivity contribution is 7.99. The van der Waals surface area contributed by atoms with Gasteiger partial charge in [-0.1, -0.05) is 52.3 Å². The van der Waals surface area contributed by atoms with Crippen molar-refractivity contribution in [2.75, 3.05) is 5.75 Å². The fraction of sp³-hybridized carbons (Fsp3) is 0.556. The number of hydrogen-bond acceptors (Lipinski definition) is 1. The predicted octanol–water partition coefficient (Wildman–Crippen LogP) is 6.05. The Kier molecular flexibility index (Phi) is 4.78. The minimum Gasteiger partial charge on any atom is -0.126 e. The van der Waals surface area contributed by atoms with Crippen molar-refractivity contribution in [1.29, 1.82) is 0 Å². The Hall–Kier alpha value is -0.690. The summed E-state index contributed by atoms with van der Waals surface area (Å²) in [6.45, 7) is 11.2. The summed E-state index contributed by atoms with van der Waals surface area (Å²) in [5, 5.41) is 0. The van der Waals surface area contributed by atoms with Crippen molar-refractivity contribution in [1.82, 2.24) is 0 Å². The van der Waals surface area contributed by atoms with Gasteiger partial charge in [0.2, 0.25) is 0 Å². The zero-order chi connectivity index (χ0) is 13.9. The summed E-state index contributed by atoms with van der Waals surface area (Å²) in [4.78, 5) is 1.48. The van der Waals surface area contributed by atoms with E-state index in [0.717, 1.165) is 6.42 Å². The molecule has 2 rings (SSSR count). The molecule has 0 aromatic heterocycles. The first-order valence-electron chi connectivity index (χ1n) is 7.50. The fourth-order valence-corrected chi connectivity index (χ4v) is 4.25. The monoisotopic (exact) mass is 274 g/mol. The SMILES string of the molecule is C=C(CCCCC)c1ccc2c(c1)SCCC2(C)C. The molecule has 1 aliphatic rings. The molecule has 0 saturated heterocycles. The van der Waals surface area contributed by atoms with Crippen LogP contribution in [-0.4, -0.2) is 5.75 Å². The van der Waals surface area contributed by atoms with Crippen LogP contribution in [0.3, 0.4) is 0 Å². The quantitative estimate of drug-likeness (QED) is 0.589. The van der Waals surface area contributed by atoms with E-state index in [9.17, 15) is 0 Å². The van der Waals surface area contributed by atoms with Crippen LogP contribution in [-0.2, 0) is 5.41 Å². The van der Waals surface area contributed by atoms with Crippen LogP contribution in [0.15, 0.2) is 29.7 Å². The topological polar surface area (TPSA) is 0 Å². The Morgan fingerprint density at radius 2 is 2.11 bits per heavy atom. The third kappa shape index (κ3) is 3.45. The highest BCUT2D eigenvalue weighted by atomic mass is 32.2. The van der Waals surface area contributed by atoms with Gasteiger partial charge in [0, 0.05) is 4.90 Å². The van der Waals surface area contributed by atoms with Crippen molar-refractivity contribution in [3.63, 3.8) is 0 Å². The molecule has 0 radical (unpaired) electrons. The summed E-state index contributed by atoms with van der Waals surface area (Å²) in [6, 6.07) is 6.98. The van der Waals surface area contributed by atoms with E-state index in [1.807, 2.05) is 11.8 Å². The van der Waals surface area contributed by atoms with E-state index in [-0.39, 0.29) is 0 Å². The van der Waals surface area contributed by atoms with Crippen molar-refractivity contribution in [3.05, 3.63) is 35.9 Å². The average molecular weight is 274 g/mol. The van der Waals surface area contributed by atoms with E-state index in [4.69, 9.17) is 0 Å². The number of thioether (sulfide) groups is 1. The first-order valence-corrected chi connectivity index (χ1v) is 8.48. The third-order valence-electron chi connectivity index (χ3n) is 4.19. The Morgan fingerprint density at radius 3 is 2.84 bits per heavy atom. The molecule has 1 heterocycles. The maximum atomic E-state index is 4.27. The molecule has 0 fully saturated rings. The van der Waals surface area contributed by atoms with Gasteiger partial charge in [-0.05, 0) is 53.2 Å². The van der Waals surface area contributed by atoms with Crippen LogP contribution in [0.5, 0.6) is 0 Å². The molecule has 0 amide bonds. The van der Waals surface area contributed by atoms with Crippen LogP contribution in [0.2, 0.25) is 0 Å². The Morgan fingerprint density at radius 1 is 1.32 bits per heavy atom. The second kappa shape index (κ2) is 6.17. The standard InChI is InChI=1S/C18H26S/c1-5-6-7-8-14(2)15-9-10-16-17(13-15)19-12-11-18(16,3)4/h9-10,13H,2,5-8,11-12H2,1,3-4H3. The van der Waals surface area contributed by atoms with Crippen LogP contribution in [0.1, 0.15) is 64.0 Å². The lowest BCUT2D eigenvalue weighted by Gasteiger charge is -2.32. The molecule has 1 aromatic rings. The Labute approximate surface area is 122 Å². The lowest BCUT2D eigenvalue weighted by Crippen LogP contribution is -2.22. The molecule has 0 atom stereocenters. The van der Waals surface area contributed by atoms with Gasteiger partial charge in [0.25, 0.3) is 0 Å². The van der Waals surface area contributed by atoms with E-state index < -0.39 is 0 Å². The Bertz CT molecular complexity index is 457. The minimum atomic E-state index is 0.336. The van der Waals surface area contributed by atoms with Gasteiger partial charge in [-0.15, -0.1) is 11.8 Å². The van der Waals surface area contributed by atoms with Crippen LogP contribution < -0.4 is 0 Å². The van der Waals surface area contributed by atoms with Gasteiger partial charge < -0.3 is 0 Å². The molecule has 0 spiro atoms. The van der Waals surface area contributed by atoms with Crippen LogP contribution in [0, 0.1) is 0 Å². The minimum absolute atomic E-state index is 0.336. The predicted molar refractivity (Wildman–Crippen MR) is 88.0 cm³/mol. The molecule has 0 bridgehead atoms. The molecule has 1 aliphatic heterocycles. The van der Waals surface area contributed by atoms with Gasteiger partial charge in [-0.25, -0.2) is 0 Å². The molecule has 0 nitrogen and oxygen atoms in total. The van der Waals surface area contributed by atoms with Crippen LogP contribution in [0.4, 0.5) is 0 Å². The lowest BCUT2D eigenvalue weighted by molar-refractivity contribution is 0.494. The molecule has 0 N–H and O–H groups in total. The smallest absolute Gasteiger partial charge is 0.0115 e. The first-order chi connectivity index (χ1) is 9.04. The maximum absolute atomic E-state index is 4.27. The number of allylic oxidation sites excluding steroid dienone is 1. The van der Waals surface area contributed by atoms with Gasteiger partial charge in [-0.3, -0.25) is 0 Å². The van der Waals surface area contributed by atoms with E-state index >= 15 is 0 Å². The van der Waals surface area contributed by atoms with E-state index in [1.54, 1.807) is 0 Å². The normalized spacial score (nSPS) is 17.0. The van der Waals surface area contributed by atoms with E-state index in [0.29, 0.717) is 5.41 Å². The summed E-state index contributed by atoms with van der Waals surface area (Å²) >= 11 is 2.01. The highest BCUT2D eigenvalue weighted by Gasteiger charge is 2.27. The van der Waals surface area contributed by atoms with Crippen molar-refractivity contribution < 1.29 is 0 Å². The zero-order valence-electron chi connectivity index (χ0n) is 12.6. The molecule has 0 aliphatic carbocycles. The summed E-state index contributed by atoms with van der Waals surface area (Å²) < 4.78 is 0.